The molecule has 2 heterocycles. The zero-order valence-electron chi connectivity index (χ0n) is 21.2. The van der Waals surface area contributed by atoms with Crippen LogP contribution in [0.3, 0.4) is 0 Å². The number of carbonyl (C=O) groups excluding carboxylic acids is 3. The molecule has 2 aliphatic heterocycles. The molecule has 0 unspecified atom stereocenters. The fraction of sp³-hybridized carbons (Fsp3) is 0.207. The Balaban J connectivity index is 1.59. The largest absolute Gasteiger partial charge is 0.493 e. The standard InChI is InChI=1S/C29H24O9/c1-33-21-12-9-17(27(34-2)28(21)35-3)19-14-23(30)37-20-11-10-18-25(31)22(38-26(18)24(19)20)13-15-5-7-16(8-6-15)29(32)36-4/h5-13,19H,14H2,1-4H3/b22-13-/t19-/m1/s1. The Labute approximate surface area is 218 Å². The van der Waals surface area contributed by atoms with Gasteiger partial charge in [-0.1, -0.05) is 18.2 Å². The van der Waals surface area contributed by atoms with E-state index in [1.807, 2.05) is 0 Å². The number of allylic oxidation sites excluding steroid dienone is 1. The highest BCUT2D eigenvalue weighted by molar-refractivity contribution is 6.15. The minimum Gasteiger partial charge on any atom is -0.493 e. The van der Waals surface area contributed by atoms with Crippen molar-refractivity contribution in [1.29, 1.82) is 0 Å². The van der Waals surface area contributed by atoms with Crippen LogP contribution in [0.4, 0.5) is 0 Å². The number of benzene rings is 3. The lowest BCUT2D eigenvalue weighted by molar-refractivity contribution is -0.135. The van der Waals surface area contributed by atoms with Crippen molar-refractivity contribution in [2.24, 2.45) is 0 Å². The Hall–Kier alpha value is -4.79. The van der Waals surface area contributed by atoms with E-state index in [1.165, 1.54) is 28.4 Å². The molecule has 38 heavy (non-hydrogen) atoms. The minimum absolute atomic E-state index is 0.000878. The SMILES string of the molecule is COC(=O)c1ccc(/C=C2\Oc3c(ccc4c3[C@@H](c3ccc(OC)c(OC)c3OC)CC(=O)O4)C2=O)cc1. The molecule has 0 fully saturated rings. The second kappa shape index (κ2) is 9.93. The van der Waals surface area contributed by atoms with Crippen molar-refractivity contribution in [1.82, 2.24) is 0 Å². The topological polar surface area (TPSA) is 107 Å². The van der Waals surface area contributed by atoms with E-state index in [9.17, 15) is 14.4 Å². The van der Waals surface area contributed by atoms with Crippen molar-refractivity contribution in [3.63, 3.8) is 0 Å². The van der Waals surface area contributed by atoms with Gasteiger partial charge in [-0.3, -0.25) is 9.59 Å². The molecule has 0 aliphatic carbocycles. The maximum absolute atomic E-state index is 13.3. The molecule has 1 atom stereocenters. The van der Waals surface area contributed by atoms with Crippen LogP contribution in [-0.4, -0.2) is 46.2 Å². The van der Waals surface area contributed by atoms with Crippen molar-refractivity contribution in [3.05, 3.63) is 82.1 Å². The van der Waals surface area contributed by atoms with E-state index in [1.54, 1.807) is 54.6 Å². The molecule has 0 amide bonds. The van der Waals surface area contributed by atoms with Crippen molar-refractivity contribution >= 4 is 23.8 Å². The highest BCUT2D eigenvalue weighted by Gasteiger charge is 2.40. The summed E-state index contributed by atoms with van der Waals surface area (Å²) < 4.78 is 33.0. The molecular weight excluding hydrogens is 492 g/mol. The van der Waals surface area contributed by atoms with Gasteiger partial charge in [-0.25, -0.2) is 4.79 Å². The van der Waals surface area contributed by atoms with Gasteiger partial charge in [0.2, 0.25) is 11.5 Å². The molecule has 2 aliphatic rings. The quantitative estimate of drug-likeness (QED) is 0.265. The summed E-state index contributed by atoms with van der Waals surface area (Å²) in [5.41, 5.74) is 2.61. The summed E-state index contributed by atoms with van der Waals surface area (Å²) in [6.07, 6.45) is 1.59. The molecule has 9 nitrogen and oxygen atoms in total. The lowest BCUT2D eigenvalue weighted by Crippen LogP contribution is -2.22. The number of hydrogen-bond acceptors (Lipinski definition) is 9. The third-order valence-electron chi connectivity index (χ3n) is 6.52. The third-order valence-corrected chi connectivity index (χ3v) is 6.52. The minimum atomic E-state index is -0.539. The molecule has 0 saturated heterocycles. The first-order valence-electron chi connectivity index (χ1n) is 11.7. The van der Waals surface area contributed by atoms with Crippen LogP contribution in [0.25, 0.3) is 6.08 Å². The molecule has 0 spiro atoms. The van der Waals surface area contributed by atoms with Crippen molar-refractivity contribution in [2.45, 2.75) is 12.3 Å². The number of rotatable bonds is 6. The van der Waals surface area contributed by atoms with Gasteiger partial charge in [0, 0.05) is 17.0 Å². The Morgan fingerprint density at radius 1 is 0.868 bits per heavy atom. The van der Waals surface area contributed by atoms with E-state index in [0.717, 1.165) is 0 Å². The molecule has 0 bridgehead atoms. The van der Waals surface area contributed by atoms with Gasteiger partial charge in [-0.2, -0.15) is 0 Å². The monoisotopic (exact) mass is 516 g/mol. The fourth-order valence-electron chi connectivity index (χ4n) is 4.76. The summed E-state index contributed by atoms with van der Waals surface area (Å²) in [5, 5.41) is 0. The molecule has 0 N–H and O–H groups in total. The van der Waals surface area contributed by atoms with Gasteiger partial charge in [0.25, 0.3) is 0 Å². The van der Waals surface area contributed by atoms with E-state index in [4.69, 9.17) is 28.4 Å². The maximum Gasteiger partial charge on any atom is 0.337 e. The van der Waals surface area contributed by atoms with Gasteiger partial charge < -0.3 is 28.4 Å². The average molecular weight is 517 g/mol. The number of esters is 2. The summed E-state index contributed by atoms with van der Waals surface area (Å²) >= 11 is 0. The molecule has 194 valence electrons. The lowest BCUT2D eigenvalue weighted by atomic mass is 9.84. The molecule has 3 aromatic carbocycles. The van der Waals surface area contributed by atoms with Crippen LogP contribution in [0.5, 0.6) is 28.7 Å². The summed E-state index contributed by atoms with van der Waals surface area (Å²) in [6, 6.07) is 13.3. The van der Waals surface area contributed by atoms with Crippen LogP contribution in [0.1, 0.15) is 49.7 Å². The number of carbonyl (C=O) groups is 3. The molecule has 9 heteroatoms. The zero-order chi connectivity index (χ0) is 27.0. The van der Waals surface area contributed by atoms with E-state index in [0.29, 0.717) is 56.6 Å². The predicted octanol–water partition coefficient (Wildman–Crippen LogP) is 4.56. The van der Waals surface area contributed by atoms with Crippen LogP contribution in [0.2, 0.25) is 0 Å². The van der Waals surface area contributed by atoms with Crippen LogP contribution in [-0.2, 0) is 9.53 Å². The van der Waals surface area contributed by atoms with Crippen LogP contribution in [0, 0.1) is 0 Å². The van der Waals surface area contributed by atoms with Gasteiger partial charge in [-0.15, -0.1) is 0 Å². The molecule has 3 aromatic rings. The van der Waals surface area contributed by atoms with E-state index < -0.39 is 17.9 Å². The first-order valence-corrected chi connectivity index (χ1v) is 11.7. The molecule has 0 saturated carbocycles. The molecule has 0 aromatic heterocycles. The second-order valence-electron chi connectivity index (χ2n) is 8.56. The van der Waals surface area contributed by atoms with Crippen LogP contribution in [0.15, 0.2) is 54.3 Å². The van der Waals surface area contributed by atoms with Gasteiger partial charge in [-0.05, 0) is 42.0 Å². The Morgan fingerprint density at radius 3 is 2.26 bits per heavy atom. The predicted molar refractivity (Wildman–Crippen MR) is 135 cm³/mol. The van der Waals surface area contributed by atoms with Gasteiger partial charge in [0.05, 0.1) is 46.0 Å². The molecule has 5 rings (SSSR count). The van der Waals surface area contributed by atoms with E-state index >= 15 is 0 Å². The number of methoxy groups -OCH3 is 4. The highest BCUT2D eigenvalue weighted by Crippen LogP contribution is 2.53. The fourth-order valence-corrected chi connectivity index (χ4v) is 4.76. The average Bonchev–Trinajstić information content (AvgIpc) is 3.26. The Bertz CT molecular complexity index is 1480. The number of ether oxygens (including phenoxy) is 6. The summed E-state index contributed by atoms with van der Waals surface area (Å²) in [5.74, 6) is 0.255. The van der Waals surface area contributed by atoms with Crippen molar-refractivity contribution < 1.29 is 42.8 Å². The number of fused-ring (bicyclic) bond motifs is 3. The second-order valence-corrected chi connectivity index (χ2v) is 8.56. The summed E-state index contributed by atoms with van der Waals surface area (Å²) in [7, 11) is 5.84. The number of Topliss-reactive ketones (excluding diaryl/α,β-unsaturated/α-hetero) is 1. The molecule has 0 radical (unpaired) electrons. The van der Waals surface area contributed by atoms with Crippen LogP contribution >= 0.6 is 0 Å². The van der Waals surface area contributed by atoms with Gasteiger partial charge >= 0.3 is 11.9 Å². The summed E-state index contributed by atoms with van der Waals surface area (Å²) in [6.45, 7) is 0. The maximum atomic E-state index is 13.3. The van der Waals surface area contributed by atoms with E-state index in [-0.39, 0.29) is 18.0 Å². The van der Waals surface area contributed by atoms with Gasteiger partial charge in [0.1, 0.15) is 11.5 Å². The van der Waals surface area contributed by atoms with Crippen molar-refractivity contribution in [3.8, 4) is 28.7 Å². The smallest absolute Gasteiger partial charge is 0.337 e. The third kappa shape index (κ3) is 4.11. The summed E-state index contributed by atoms with van der Waals surface area (Å²) in [4.78, 5) is 37.6. The normalized spacial score (nSPS) is 16.7. The van der Waals surface area contributed by atoms with Crippen LogP contribution < -0.4 is 23.7 Å². The lowest BCUT2D eigenvalue weighted by Gasteiger charge is -2.28. The first-order chi connectivity index (χ1) is 18.4. The Morgan fingerprint density at radius 2 is 1.61 bits per heavy atom. The Kier molecular flexibility index (Phi) is 6.50. The first kappa shape index (κ1) is 24.9. The number of ketones is 1. The van der Waals surface area contributed by atoms with Gasteiger partial charge in [0.15, 0.2) is 17.3 Å². The van der Waals surface area contributed by atoms with E-state index in [2.05, 4.69) is 0 Å². The van der Waals surface area contributed by atoms with Crippen molar-refractivity contribution in [2.75, 3.05) is 28.4 Å². The molecular formula is C29H24O9. The zero-order valence-corrected chi connectivity index (χ0v) is 21.2. The number of hydrogen-bond donors (Lipinski definition) is 0. The highest BCUT2D eigenvalue weighted by atomic mass is 16.5.